The molecule has 0 aliphatic heterocycles. The number of carboxylic acid groups (broad SMARTS) is 2. The first-order valence-corrected chi connectivity index (χ1v) is 5.24. The van der Waals surface area contributed by atoms with Crippen LogP contribution in [0, 0.1) is 5.92 Å². The molecule has 102 valence electrons. The fourth-order valence-corrected chi connectivity index (χ4v) is 0.834. The van der Waals surface area contributed by atoms with E-state index in [2.05, 4.69) is 0 Å². The van der Waals surface area contributed by atoms with E-state index in [1.165, 1.54) is 0 Å². The average molecular weight is 252 g/mol. The summed E-state index contributed by atoms with van der Waals surface area (Å²) < 4.78 is 0. The molecule has 0 unspecified atom stereocenters. The summed E-state index contributed by atoms with van der Waals surface area (Å²) in [5.74, 6) is -2.20. The number of hydrogen-bond acceptors (Lipinski definition) is 5. The van der Waals surface area contributed by atoms with E-state index in [9.17, 15) is 9.59 Å². The Morgan fingerprint density at radius 1 is 0.882 bits per heavy atom. The van der Waals surface area contributed by atoms with Crippen molar-refractivity contribution in [3.63, 3.8) is 0 Å². The second-order valence-electron chi connectivity index (χ2n) is 3.38. The first kappa shape index (κ1) is 18.2. The van der Waals surface area contributed by atoms with Crippen molar-refractivity contribution < 1.29 is 35.1 Å². The van der Waals surface area contributed by atoms with Crippen LogP contribution in [-0.4, -0.2) is 57.3 Å². The van der Waals surface area contributed by atoms with Crippen molar-refractivity contribution in [3.8, 4) is 0 Å². The van der Waals surface area contributed by atoms with E-state index in [4.69, 9.17) is 25.5 Å². The molecule has 0 aromatic heterocycles. The van der Waals surface area contributed by atoms with Crippen LogP contribution in [0.25, 0.3) is 0 Å². The summed E-state index contributed by atoms with van der Waals surface area (Å²) in [6, 6.07) is 0. The van der Waals surface area contributed by atoms with Crippen molar-refractivity contribution in [1.82, 2.24) is 0 Å². The summed E-state index contributed by atoms with van der Waals surface area (Å²) in [5.41, 5.74) is 0. The maximum Gasteiger partial charge on any atom is 0.303 e. The molecule has 17 heavy (non-hydrogen) atoms. The molecule has 0 amide bonds. The lowest BCUT2D eigenvalue weighted by molar-refractivity contribution is -0.143. The molecule has 0 spiro atoms. The Kier molecular flexibility index (Phi) is 13.8. The second-order valence-corrected chi connectivity index (χ2v) is 3.38. The number of hydrogen-bond donors (Lipinski definition) is 5. The Labute approximate surface area is 99.3 Å². The minimum atomic E-state index is -1.08. The van der Waals surface area contributed by atoms with Crippen molar-refractivity contribution in [2.24, 2.45) is 5.92 Å². The smallest absolute Gasteiger partial charge is 0.303 e. The molecule has 0 bridgehead atoms. The van der Waals surface area contributed by atoms with Crippen LogP contribution < -0.4 is 0 Å². The lowest BCUT2D eigenvalue weighted by atomic mass is 10.1. The summed E-state index contributed by atoms with van der Waals surface area (Å²) in [4.78, 5) is 19.3. The van der Waals surface area contributed by atoms with Crippen LogP contribution in [-0.2, 0) is 9.59 Å². The van der Waals surface area contributed by atoms with Gasteiger partial charge in [0.1, 0.15) is 0 Å². The topological polar surface area (TPSA) is 135 Å². The van der Waals surface area contributed by atoms with E-state index in [1.807, 2.05) is 0 Å². The first-order chi connectivity index (χ1) is 7.97. The van der Waals surface area contributed by atoms with E-state index in [0.717, 1.165) is 0 Å². The van der Waals surface area contributed by atoms with Crippen LogP contribution in [0.1, 0.15) is 25.7 Å². The van der Waals surface area contributed by atoms with Crippen LogP contribution >= 0.6 is 0 Å². The molecule has 0 aromatic rings. The third-order valence-electron chi connectivity index (χ3n) is 1.84. The fraction of sp³-hybridized carbons (Fsp3) is 0.800. The van der Waals surface area contributed by atoms with Gasteiger partial charge in [-0.1, -0.05) is 0 Å². The monoisotopic (exact) mass is 252 g/mol. The number of rotatable bonds is 8. The van der Waals surface area contributed by atoms with Gasteiger partial charge >= 0.3 is 11.9 Å². The molecule has 0 fully saturated rings. The highest BCUT2D eigenvalue weighted by atomic mass is 16.4. The van der Waals surface area contributed by atoms with Crippen LogP contribution in [0.2, 0.25) is 0 Å². The van der Waals surface area contributed by atoms with Gasteiger partial charge in [0, 0.05) is 25.7 Å². The Bertz CT molecular complexity index is 187. The highest BCUT2D eigenvalue weighted by molar-refractivity contribution is 5.75. The molecule has 0 radical (unpaired) electrons. The number of aliphatic hydroxyl groups is 3. The molecule has 0 saturated carbocycles. The first-order valence-electron chi connectivity index (χ1n) is 5.24. The molecule has 5 N–H and O–H groups in total. The molecule has 0 atom stereocenters. The van der Waals surface area contributed by atoms with Crippen molar-refractivity contribution >= 4 is 11.9 Å². The zero-order chi connectivity index (χ0) is 13.7. The summed E-state index contributed by atoms with van der Waals surface area (Å²) in [5, 5.41) is 41.2. The van der Waals surface area contributed by atoms with Gasteiger partial charge in [0.25, 0.3) is 0 Å². The van der Waals surface area contributed by atoms with Crippen LogP contribution in [0.4, 0.5) is 0 Å². The predicted octanol–water partition coefficient (Wildman–Crippen LogP) is -0.705. The number of aliphatic hydroxyl groups excluding tert-OH is 3. The molecule has 0 heterocycles. The third-order valence-corrected chi connectivity index (χ3v) is 1.84. The van der Waals surface area contributed by atoms with Gasteiger partial charge in [0.05, 0.1) is 12.8 Å². The maximum absolute atomic E-state index is 9.64. The van der Waals surface area contributed by atoms with E-state index in [-0.39, 0.29) is 38.6 Å². The molecule has 7 heteroatoms. The van der Waals surface area contributed by atoms with Gasteiger partial charge in [-0.25, -0.2) is 0 Å². The van der Waals surface area contributed by atoms with Gasteiger partial charge in [0.15, 0.2) is 0 Å². The third kappa shape index (κ3) is 17.4. The van der Waals surface area contributed by atoms with Crippen molar-refractivity contribution in [1.29, 1.82) is 0 Å². The normalized spacial score (nSPS) is 9.65. The Morgan fingerprint density at radius 2 is 1.29 bits per heavy atom. The minimum Gasteiger partial charge on any atom is -0.481 e. The standard InChI is InChI=1S/C6H14O3.C4H6O4/c7-3-1-2-6(4-8)5-9;5-3(6)1-2-4(7)8/h6-9H,1-5H2;1-2H2,(H,5,6)(H,7,8). The highest BCUT2D eigenvalue weighted by Gasteiger charge is 2.03. The number of carboxylic acids is 2. The molecular formula is C10H20O7. The summed E-state index contributed by atoms with van der Waals surface area (Å²) in [7, 11) is 0. The van der Waals surface area contributed by atoms with E-state index in [0.29, 0.717) is 12.8 Å². The highest BCUT2D eigenvalue weighted by Crippen LogP contribution is 2.02. The quantitative estimate of drug-likeness (QED) is 0.385. The molecule has 0 saturated heterocycles. The Hall–Kier alpha value is -1.18. The molecule has 0 aliphatic rings. The predicted molar refractivity (Wildman–Crippen MR) is 58.5 cm³/mol. The van der Waals surface area contributed by atoms with Crippen LogP contribution in [0.3, 0.4) is 0 Å². The van der Waals surface area contributed by atoms with Gasteiger partial charge in [-0.15, -0.1) is 0 Å². The molecular weight excluding hydrogens is 232 g/mol. The SMILES string of the molecule is O=C(O)CCC(=O)O.OCCCC(CO)CO. The molecule has 0 aromatic carbocycles. The summed E-state index contributed by atoms with van der Waals surface area (Å²) in [6.07, 6.45) is 0.764. The van der Waals surface area contributed by atoms with Crippen molar-refractivity contribution in [3.05, 3.63) is 0 Å². The second kappa shape index (κ2) is 12.9. The Balaban J connectivity index is 0. The largest absolute Gasteiger partial charge is 0.481 e. The molecule has 0 aliphatic carbocycles. The fourth-order valence-electron chi connectivity index (χ4n) is 0.834. The number of carbonyl (C=O) groups is 2. The molecule has 7 nitrogen and oxygen atoms in total. The van der Waals surface area contributed by atoms with Crippen LogP contribution in [0.15, 0.2) is 0 Å². The van der Waals surface area contributed by atoms with Gasteiger partial charge in [-0.3, -0.25) is 9.59 Å². The lowest BCUT2D eigenvalue weighted by Crippen LogP contribution is -2.11. The van der Waals surface area contributed by atoms with Gasteiger partial charge < -0.3 is 25.5 Å². The van der Waals surface area contributed by atoms with Crippen LogP contribution in [0.5, 0.6) is 0 Å². The van der Waals surface area contributed by atoms with Gasteiger partial charge in [-0.2, -0.15) is 0 Å². The summed E-state index contributed by atoms with van der Waals surface area (Å²) >= 11 is 0. The molecule has 0 rings (SSSR count). The van der Waals surface area contributed by atoms with Gasteiger partial charge in [0.2, 0.25) is 0 Å². The lowest BCUT2D eigenvalue weighted by Gasteiger charge is -2.07. The van der Waals surface area contributed by atoms with Gasteiger partial charge in [-0.05, 0) is 12.8 Å². The summed E-state index contributed by atoms with van der Waals surface area (Å²) in [6.45, 7) is 0.156. The van der Waals surface area contributed by atoms with E-state index in [1.54, 1.807) is 0 Å². The van der Waals surface area contributed by atoms with Crippen molar-refractivity contribution in [2.75, 3.05) is 19.8 Å². The Morgan fingerprint density at radius 3 is 1.53 bits per heavy atom. The zero-order valence-corrected chi connectivity index (χ0v) is 9.58. The maximum atomic E-state index is 9.64. The van der Waals surface area contributed by atoms with E-state index >= 15 is 0 Å². The minimum absolute atomic E-state index is 0.0104. The average Bonchev–Trinajstić information content (AvgIpc) is 2.29. The van der Waals surface area contributed by atoms with E-state index < -0.39 is 11.9 Å². The van der Waals surface area contributed by atoms with Crippen molar-refractivity contribution in [2.45, 2.75) is 25.7 Å². The zero-order valence-electron chi connectivity index (χ0n) is 9.58. The number of aliphatic carboxylic acids is 2.